The number of fused-ring (bicyclic) bond motifs is 1. The third-order valence-electron chi connectivity index (χ3n) is 4.54. The van der Waals surface area contributed by atoms with Crippen LogP contribution >= 0.6 is 11.3 Å². The van der Waals surface area contributed by atoms with Crippen molar-refractivity contribution in [1.82, 2.24) is 0 Å². The molecule has 0 aliphatic carbocycles. The summed E-state index contributed by atoms with van der Waals surface area (Å²) in [6, 6.07) is 10.3. The van der Waals surface area contributed by atoms with Crippen LogP contribution in [0.5, 0.6) is 5.75 Å². The zero-order valence-corrected chi connectivity index (χ0v) is 15.9. The highest BCUT2D eigenvalue weighted by atomic mass is 32.1. The van der Waals surface area contributed by atoms with Crippen LogP contribution < -0.4 is 10.5 Å². The summed E-state index contributed by atoms with van der Waals surface area (Å²) in [4.78, 5) is 13.7. The van der Waals surface area contributed by atoms with Crippen molar-refractivity contribution >= 4 is 17.3 Å². The lowest BCUT2D eigenvalue weighted by atomic mass is 9.87. The van der Waals surface area contributed by atoms with Gasteiger partial charge >= 0.3 is 5.97 Å². The van der Waals surface area contributed by atoms with Gasteiger partial charge in [0, 0.05) is 4.88 Å². The predicted molar refractivity (Wildman–Crippen MR) is 100 cm³/mol. The van der Waals surface area contributed by atoms with E-state index in [4.69, 9.17) is 15.2 Å². The van der Waals surface area contributed by atoms with Gasteiger partial charge in [-0.15, -0.1) is 11.3 Å². The average molecular weight is 368 g/mol. The lowest BCUT2D eigenvalue weighted by molar-refractivity contribution is 0.0597. The second-order valence-corrected chi connectivity index (χ2v) is 7.72. The number of nitrogens with two attached hydrogens (primary N) is 1. The summed E-state index contributed by atoms with van der Waals surface area (Å²) in [5, 5.41) is 9.64. The Bertz CT molecular complexity index is 933. The van der Waals surface area contributed by atoms with Gasteiger partial charge in [0.25, 0.3) is 0 Å². The molecule has 1 aromatic carbocycles. The maximum Gasteiger partial charge on any atom is 0.342 e. The van der Waals surface area contributed by atoms with E-state index in [0.717, 1.165) is 15.3 Å². The second-order valence-electron chi connectivity index (χ2n) is 6.46. The number of carbonyl (C=O) groups is 1. The number of esters is 1. The van der Waals surface area contributed by atoms with E-state index in [2.05, 4.69) is 32.0 Å². The summed E-state index contributed by atoms with van der Waals surface area (Å²) in [6.07, 6.45) is 0. The lowest BCUT2D eigenvalue weighted by Crippen LogP contribution is -2.21. The maximum absolute atomic E-state index is 12.2. The first kappa shape index (κ1) is 18.0. The summed E-state index contributed by atoms with van der Waals surface area (Å²) in [7, 11) is 1.33. The Morgan fingerprint density at radius 3 is 2.54 bits per heavy atom. The van der Waals surface area contributed by atoms with Crippen molar-refractivity contribution in [2.75, 3.05) is 7.11 Å². The smallest absolute Gasteiger partial charge is 0.342 e. The molecule has 0 spiro atoms. The van der Waals surface area contributed by atoms with Gasteiger partial charge in [0.15, 0.2) is 5.75 Å². The molecular formula is C20H20N2O3S. The first-order chi connectivity index (χ1) is 12.4. The fourth-order valence-corrected chi connectivity index (χ4v) is 4.34. The summed E-state index contributed by atoms with van der Waals surface area (Å²) in [5.41, 5.74) is 8.90. The highest BCUT2D eigenvalue weighted by Crippen LogP contribution is 2.49. The van der Waals surface area contributed by atoms with E-state index in [1.807, 2.05) is 19.1 Å². The van der Waals surface area contributed by atoms with Crippen molar-refractivity contribution in [2.45, 2.75) is 32.6 Å². The number of benzene rings is 1. The van der Waals surface area contributed by atoms with Gasteiger partial charge in [0.05, 0.1) is 17.9 Å². The Hall–Kier alpha value is -2.78. The molecule has 134 valence electrons. The Balaban J connectivity index is 2.18. The molecule has 26 heavy (non-hydrogen) atoms. The van der Waals surface area contributed by atoms with Crippen LogP contribution in [0, 0.1) is 18.3 Å². The first-order valence-electron chi connectivity index (χ1n) is 8.28. The zero-order chi connectivity index (χ0) is 19.0. The van der Waals surface area contributed by atoms with Gasteiger partial charge in [0.1, 0.15) is 17.2 Å². The number of methoxy groups -OCH3 is 1. The van der Waals surface area contributed by atoms with Gasteiger partial charge in [-0.25, -0.2) is 4.79 Å². The summed E-state index contributed by atoms with van der Waals surface area (Å²) >= 11 is 1.43. The number of ether oxygens (including phenoxy) is 2. The summed E-state index contributed by atoms with van der Waals surface area (Å²) < 4.78 is 10.5. The van der Waals surface area contributed by atoms with Gasteiger partial charge < -0.3 is 15.2 Å². The minimum absolute atomic E-state index is 0.0286. The van der Waals surface area contributed by atoms with Crippen LogP contribution in [-0.2, 0) is 4.74 Å². The number of carbonyl (C=O) groups excluding carboxylic acids is 1. The first-order valence-corrected chi connectivity index (χ1v) is 9.09. The van der Waals surface area contributed by atoms with Crippen LogP contribution in [0.25, 0.3) is 0 Å². The molecule has 1 unspecified atom stereocenters. The molecule has 0 bridgehead atoms. The van der Waals surface area contributed by atoms with E-state index in [1.54, 1.807) is 0 Å². The number of hydrogen-bond acceptors (Lipinski definition) is 6. The molecule has 0 amide bonds. The van der Waals surface area contributed by atoms with Crippen molar-refractivity contribution < 1.29 is 14.3 Å². The van der Waals surface area contributed by atoms with Gasteiger partial charge in [-0.1, -0.05) is 38.1 Å². The molecule has 6 heteroatoms. The molecule has 2 N–H and O–H groups in total. The average Bonchev–Trinajstić information content (AvgIpc) is 2.95. The quantitative estimate of drug-likeness (QED) is 0.821. The Labute approximate surface area is 156 Å². The highest BCUT2D eigenvalue weighted by Gasteiger charge is 2.37. The molecule has 0 saturated carbocycles. The minimum atomic E-state index is -0.470. The molecule has 2 heterocycles. The number of nitrogens with zero attached hydrogens (tertiary/aromatic N) is 1. The molecule has 3 rings (SSSR count). The molecule has 2 aromatic rings. The zero-order valence-electron chi connectivity index (χ0n) is 15.1. The van der Waals surface area contributed by atoms with Gasteiger partial charge in [-0.05, 0) is 24.0 Å². The lowest BCUT2D eigenvalue weighted by Gasteiger charge is -2.24. The molecule has 5 nitrogen and oxygen atoms in total. The van der Waals surface area contributed by atoms with Crippen LogP contribution in [0.3, 0.4) is 0 Å². The minimum Gasteiger partial charge on any atom is -0.465 e. The van der Waals surface area contributed by atoms with Crippen molar-refractivity contribution in [3.63, 3.8) is 0 Å². The van der Waals surface area contributed by atoms with E-state index in [0.29, 0.717) is 22.8 Å². The fourth-order valence-electron chi connectivity index (χ4n) is 3.12. The predicted octanol–water partition coefficient (Wildman–Crippen LogP) is 4.18. The monoisotopic (exact) mass is 368 g/mol. The SMILES string of the molecule is COC(=O)c1c(C)sc2c1OC(N)=C(C#N)C2c1ccc(C(C)C)cc1. The van der Waals surface area contributed by atoms with Gasteiger partial charge in [-0.3, -0.25) is 0 Å². The van der Waals surface area contributed by atoms with Crippen LogP contribution in [-0.4, -0.2) is 13.1 Å². The van der Waals surface area contributed by atoms with Crippen molar-refractivity contribution in [2.24, 2.45) is 5.73 Å². The number of hydrogen-bond donors (Lipinski definition) is 1. The Morgan fingerprint density at radius 1 is 1.35 bits per heavy atom. The molecule has 0 fully saturated rings. The van der Waals surface area contributed by atoms with E-state index < -0.39 is 5.97 Å². The van der Waals surface area contributed by atoms with Crippen LogP contribution in [0.1, 0.15) is 56.9 Å². The number of nitriles is 1. The van der Waals surface area contributed by atoms with E-state index in [9.17, 15) is 10.1 Å². The summed E-state index contributed by atoms with van der Waals surface area (Å²) in [5.74, 6) is 0.0177. The normalized spacial score (nSPS) is 16.1. The van der Waals surface area contributed by atoms with Gasteiger partial charge in [0.2, 0.25) is 5.88 Å². The maximum atomic E-state index is 12.2. The standard InChI is InChI=1S/C20H20N2O3S/c1-10(2)12-5-7-13(8-6-12)16-14(9-21)19(22)25-17-15(20(23)24-4)11(3)26-18(16)17/h5-8,10,16H,22H2,1-4H3. The number of rotatable bonds is 3. The van der Waals surface area contributed by atoms with Crippen molar-refractivity contribution in [3.8, 4) is 11.8 Å². The molecule has 1 aromatic heterocycles. The Kier molecular flexibility index (Phi) is 4.75. The highest BCUT2D eigenvalue weighted by molar-refractivity contribution is 7.12. The van der Waals surface area contributed by atoms with E-state index in [-0.39, 0.29) is 11.8 Å². The largest absolute Gasteiger partial charge is 0.465 e. The van der Waals surface area contributed by atoms with Crippen LogP contribution in [0.15, 0.2) is 35.7 Å². The molecule has 1 atom stereocenters. The molecule has 1 aliphatic rings. The van der Waals surface area contributed by atoms with Crippen molar-refractivity contribution in [1.29, 1.82) is 5.26 Å². The van der Waals surface area contributed by atoms with Crippen LogP contribution in [0.2, 0.25) is 0 Å². The molecular weight excluding hydrogens is 348 g/mol. The number of allylic oxidation sites excluding steroid dienone is 1. The topological polar surface area (TPSA) is 85.3 Å². The van der Waals surface area contributed by atoms with E-state index in [1.165, 1.54) is 24.0 Å². The molecule has 0 saturated heterocycles. The number of aryl methyl sites for hydroxylation is 1. The van der Waals surface area contributed by atoms with Crippen LogP contribution in [0.4, 0.5) is 0 Å². The van der Waals surface area contributed by atoms with Crippen molar-refractivity contribution in [3.05, 3.63) is 62.2 Å². The number of thiophene rings is 1. The second kappa shape index (κ2) is 6.85. The third-order valence-corrected chi connectivity index (χ3v) is 5.69. The van der Waals surface area contributed by atoms with E-state index >= 15 is 0 Å². The fraction of sp³-hybridized carbons (Fsp3) is 0.300. The molecule has 0 radical (unpaired) electrons. The summed E-state index contributed by atoms with van der Waals surface area (Å²) in [6.45, 7) is 6.09. The Morgan fingerprint density at radius 2 is 2.00 bits per heavy atom. The van der Waals surface area contributed by atoms with Gasteiger partial charge in [-0.2, -0.15) is 5.26 Å². The molecule has 1 aliphatic heterocycles. The third kappa shape index (κ3) is 2.85.